The van der Waals surface area contributed by atoms with E-state index in [0.717, 1.165) is 6.92 Å². The number of carboxylic acid groups (broad SMARTS) is 1. The lowest BCUT2D eigenvalue weighted by Crippen LogP contribution is -2.92. The van der Waals surface area contributed by atoms with Gasteiger partial charge in [0, 0.05) is 37.5 Å². The number of ether oxygens (including phenoxy) is 8. The van der Waals surface area contributed by atoms with Crippen LogP contribution in [0.5, 0.6) is 11.5 Å². The fourth-order valence-electron chi connectivity index (χ4n) is 12.0. The minimum Gasteiger partial charge on any atom is -0.488 e. The Morgan fingerprint density at radius 2 is 1.46 bits per heavy atom. The van der Waals surface area contributed by atoms with Gasteiger partial charge in [-0.3, -0.25) is 4.79 Å². The summed E-state index contributed by atoms with van der Waals surface area (Å²) in [4.78, 5) is 82.9. The summed E-state index contributed by atoms with van der Waals surface area (Å²) in [5.74, 6) is -9.13. The number of benzene rings is 2. The van der Waals surface area contributed by atoms with E-state index >= 15 is 4.79 Å². The Bertz CT molecular complexity index is 2650. The van der Waals surface area contributed by atoms with Crippen molar-refractivity contribution in [2.45, 2.75) is 146 Å². The summed E-state index contributed by atoms with van der Waals surface area (Å²) in [6, 6.07) is 13.7. The molecule has 3 aliphatic carbocycles. The molecule has 21 nitrogen and oxygen atoms in total. The lowest BCUT2D eigenvalue weighted by atomic mass is 9.40. The summed E-state index contributed by atoms with van der Waals surface area (Å²) in [5.41, 5.74) is -13.1. The Balaban J connectivity index is 1.28. The maximum Gasteiger partial charge on any atom is 0.408 e. The number of fused-ring (bicyclic) bond motifs is 6. The SMILES string of the molecule is CC(=O)O[C@@]12CO[C@@H]1C[C@H](O)[C@@]1(C)[C@H](O)[C@H](O)C3[C@H](C)C(OC(=O)[C@H](OC(=O)c4sc(C(=O)O)c5c4OCCCO5)[C@@H](NC(=O)OC(C)(C)C)c4ccccc4)C[C@@](O)([C@@H](OC(=O)c4ccccc4)[C@@]12O)C3(C)C. The van der Waals surface area contributed by atoms with E-state index in [9.17, 15) is 54.6 Å². The van der Waals surface area contributed by atoms with Crippen molar-refractivity contribution in [3.05, 3.63) is 81.5 Å². The second-order valence-electron chi connectivity index (χ2n) is 21.5. The van der Waals surface area contributed by atoms with Crippen LogP contribution in [-0.2, 0) is 38.0 Å². The largest absolute Gasteiger partial charge is 0.488 e. The molecule has 8 rings (SSSR count). The number of nitrogens with one attached hydrogen (secondary N) is 1. The molecule has 3 aromatic rings. The number of hydrogen-bond acceptors (Lipinski definition) is 20. The zero-order valence-electron chi connectivity index (χ0n) is 42.1. The Morgan fingerprint density at radius 3 is 2.03 bits per heavy atom. The van der Waals surface area contributed by atoms with Crippen LogP contribution in [0.15, 0.2) is 60.7 Å². The van der Waals surface area contributed by atoms with Gasteiger partial charge in [0.1, 0.15) is 29.5 Å². The quantitative estimate of drug-likeness (QED) is 0.106. The van der Waals surface area contributed by atoms with Crippen molar-refractivity contribution in [2.75, 3.05) is 19.8 Å². The first-order valence-electron chi connectivity index (χ1n) is 24.3. The Labute approximate surface area is 429 Å². The van der Waals surface area contributed by atoms with Gasteiger partial charge in [0.25, 0.3) is 0 Å². The smallest absolute Gasteiger partial charge is 0.408 e. The van der Waals surface area contributed by atoms with Crippen molar-refractivity contribution in [1.29, 1.82) is 0 Å². The predicted molar refractivity (Wildman–Crippen MR) is 256 cm³/mol. The number of amides is 1. The van der Waals surface area contributed by atoms with Crippen molar-refractivity contribution < 1.29 is 97.3 Å². The van der Waals surface area contributed by atoms with Crippen molar-refractivity contribution in [2.24, 2.45) is 22.7 Å². The van der Waals surface area contributed by atoms with Crippen LogP contribution in [0.1, 0.15) is 116 Å². The average molecular weight is 1050 g/mol. The van der Waals surface area contributed by atoms with Gasteiger partial charge < -0.3 is 73.9 Å². The number of thiophene rings is 1. The molecule has 0 spiro atoms. The molecule has 14 atom stereocenters. The number of aliphatic hydroxyl groups excluding tert-OH is 3. The zero-order chi connectivity index (χ0) is 54.1. The van der Waals surface area contributed by atoms with Crippen LogP contribution < -0.4 is 14.8 Å². The zero-order valence-corrected chi connectivity index (χ0v) is 42.9. The molecular weight excluding hydrogens is 991 g/mol. The molecule has 1 amide bonds. The van der Waals surface area contributed by atoms with Crippen LogP contribution in [0.2, 0.25) is 0 Å². The van der Waals surface area contributed by atoms with Gasteiger partial charge >= 0.3 is 35.9 Å². The summed E-state index contributed by atoms with van der Waals surface area (Å²) in [6.45, 7) is 11.1. The molecule has 5 aliphatic rings. The molecule has 3 saturated carbocycles. The third-order valence-corrected chi connectivity index (χ3v) is 16.9. The minimum atomic E-state index is -3.03. The second-order valence-corrected chi connectivity index (χ2v) is 22.5. The molecule has 22 heteroatoms. The molecule has 402 valence electrons. The second kappa shape index (κ2) is 19.7. The first-order valence-corrected chi connectivity index (χ1v) is 25.1. The molecule has 2 aromatic carbocycles. The molecule has 3 heterocycles. The number of esters is 4. The Morgan fingerprint density at radius 1 is 0.851 bits per heavy atom. The van der Waals surface area contributed by atoms with Gasteiger partial charge in [-0.1, -0.05) is 76.2 Å². The highest BCUT2D eigenvalue weighted by Gasteiger charge is 2.86. The maximum absolute atomic E-state index is 15.4. The average Bonchev–Trinajstić information content (AvgIpc) is 3.53. The summed E-state index contributed by atoms with van der Waals surface area (Å²) < 4.78 is 47.5. The molecule has 2 unspecified atom stereocenters. The van der Waals surface area contributed by atoms with Crippen molar-refractivity contribution in [1.82, 2.24) is 5.32 Å². The van der Waals surface area contributed by atoms with Gasteiger partial charge in [-0.2, -0.15) is 0 Å². The molecule has 7 N–H and O–H groups in total. The Hall–Kier alpha value is -5.88. The molecule has 2 aliphatic heterocycles. The van der Waals surface area contributed by atoms with Crippen LogP contribution in [-0.4, -0.2) is 152 Å². The first-order chi connectivity index (χ1) is 34.6. The summed E-state index contributed by atoms with van der Waals surface area (Å²) in [7, 11) is 0. The van der Waals surface area contributed by atoms with Crippen LogP contribution in [0.3, 0.4) is 0 Å². The maximum atomic E-state index is 15.4. The van der Waals surface area contributed by atoms with E-state index in [-0.39, 0.29) is 42.3 Å². The van der Waals surface area contributed by atoms with E-state index in [2.05, 4.69) is 5.32 Å². The van der Waals surface area contributed by atoms with Gasteiger partial charge in [0.05, 0.1) is 49.1 Å². The third kappa shape index (κ3) is 8.84. The third-order valence-electron chi connectivity index (χ3n) is 15.8. The molecular formula is C52H63NO20S. The van der Waals surface area contributed by atoms with Gasteiger partial charge in [-0.15, -0.1) is 11.3 Å². The van der Waals surface area contributed by atoms with Crippen LogP contribution in [0.4, 0.5) is 4.79 Å². The van der Waals surface area contributed by atoms with E-state index in [1.54, 1.807) is 52.0 Å². The lowest BCUT2D eigenvalue weighted by Gasteiger charge is -2.73. The highest BCUT2D eigenvalue weighted by molar-refractivity contribution is 7.16. The molecule has 74 heavy (non-hydrogen) atoms. The number of alkyl carbamates (subject to hydrolysis) is 1. The van der Waals surface area contributed by atoms with Crippen LogP contribution in [0.25, 0.3) is 0 Å². The van der Waals surface area contributed by atoms with E-state index in [1.165, 1.54) is 57.2 Å². The number of hydrogen-bond donors (Lipinski definition) is 7. The number of aromatic carboxylic acids is 1. The van der Waals surface area contributed by atoms with Gasteiger partial charge in [-0.25, -0.2) is 24.0 Å². The fraction of sp³-hybridized carbons (Fsp3) is 0.577. The highest BCUT2D eigenvalue weighted by atomic mass is 32.1. The number of rotatable bonds is 11. The van der Waals surface area contributed by atoms with Crippen LogP contribution >= 0.6 is 11.3 Å². The predicted octanol–water partition coefficient (Wildman–Crippen LogP) is 3.89. The highest BCUT2D eigenvalue weighted by Crippen LogP contribution is 2.67. The van der Waals surface area contributed by atoms with Crippen molar-refractivity contribution in [3.8, 4) is 11.5 Å². The topological polar surface area (TPSA) is 310 Å². The van der Waals surface area contributed by atoms with Crippen molar-refractivity contribution >= 4 is 47.3 Å². The number of carbonyl (C=O) groups excluding carboxylic acids is 5. The number of carbonyl (C=O) groups is 6. The molecule has 0 radical (unpaired) electrons. The lowest BCUT2D eigenvalue weighted by molar-refractivity contribution is -0.432. The monoisotopic (exact) mass is 1050 g/mol. The summed E-state index contributed by atoms with van der Waals surface area (Å²) >= 11 is 0.459. The summed E-state index contributed by atoms with van der Waals surface area (Å²) in [5, 5.41) is 78.0. The Kier molecular flexibility index (Phi) is 14.5. The van der Waals surface area contributed by atoms with E-state index < -0.39 is 153 Å². The molecule has 4 fully saturated rings. The van der Waals surface area contributed by atoms with Gasteiger partial charge in [0.2, 0.25) is 6.10 Å². The summed E-state index contributed by atoms with van der Waals surface area (Å²) in [6.07, 6.45) is -15.2. The molecule has 1 saturated heterocycles. The van der Waals surface area contributed by atoms with E-state index in [1.807, 2.05) is 0 Å². The van der Waals surface area contributed by atoms with E-state index in [4.69, 9.17) is 37.9 Å². The molecule has 1 aromatic heterocycles. The normalized spacial score (nSPS) is 33.6. The van der Waals surface area contributed by atoms with Crippen molar-refractivity contribution in [3.63, 3.8) is 0 Å². The van der Waals surface area contributed by atoms with Gasteiger partial charge in [-0.05, 0) is 44.4 Å². The van der Waals surface area contributed by atoms with E-state index in [0.29, 0.717) is 17.8 Å². The standard InChI is InChI=1S/C52H63NO20S/c1-25-29(69-43(61)35(33(27-16-11-9-12-17-27)53-46(63)73-47(3,4)5)70-44(62)39-37-36(38(74-39)41(58)59)66-20-15-21-67-37)23-50(64)45(71-42(60)28-18-13-10-14-19-28)52(65)49(8,40(57)34(56)32(25)48(50,6)7)30(55)22-31-51(52,24-68-31)72-26(2)54/h9-14,16-19,25,29-35,40,45,55-57,64-65H,15,20-24H2,1-8H3,(H,53,63)(H,58,59)/t25-,29?,30+,31-,32?,33+,34-,35-,40-,45-,49+,50-,51+,52-/m1/s1. The molecule has 2 bridgehead atoms. The number of carboxylic acids is 1. The van der Waals surface area contributed by atoms with Crippen LogP contribution in [0, 0.1) is 22.7 Å². The number of aliphatic hydroxyl groups is 5. The minimum absolute atomic E-state index is 0.0203. The first kappa shape index (κ1) is 54.4. The fourth-order valence-corrected chi connectivity index (χ4v) is 12.9. The van der Waals surface area contributed by atoms with Gasteiger partial charge in [0.15, 0.2) is 38.6 Å².